The van der Waals surface area contributed by atoms with Gasteiger partial charge in [-0.2, -0.15) is 0 Å². The van der Waals surface area contributed by atoms with Crippen molar-refractivity contribution < 1.29 is 4.79 Å². The monoisotopic (exact) mass is 223 g/mol. The molecule has 0 radical (unpaired) electrons. The summed E-state index contributed by atoms with van der Waals surface area (Å²) in [7, 11) is 0. The van der Waals surface area contributed by atoms with Gasteiger partial charge < -0.3 is 4.90 Å². The SMILES string of the molecule is C[C@H]1CCCCN1C(=O)Cc1cccs1. The number of hydrogen-bond donors (Lipinski definition) is 0. The lowest BCUT2D eigenvalue weighted by Crippen LogP contribution is -2.42. The van der Waals surface area contributed by atoms with Crippen LogP contribution in [0.25, 0.3) is 0 Å². The van der Waals surface area contributed by atoms with Crippen LogP contribution in [-0.2, 0) is 11.2 Å². The molecule has 0 aliphatic carbocycles. The van der Waals surface area contributed by atoms with Crippen molar-refractivity contribution in [1.29, 1.82) is 0 Å². The summed E-state index contributed by atoms with van der Waals surface area (Å²) in [5, 5.41) is 2.03. The number of carbonyl (C=O) groups excluding carboxylic acids is 1. The number of amides is 1. The van der Waals surface area contributed by atoms with Crippen molar-refractivity contribution in [2.45, 2.75) is 38.6 Å². The average Bonchev–Trinajstić information content (AvgIpc) is 2.71. The summed E-state index contributed by atoms with van der Waals surface area (Å²) in [5.41, 5.74) is 0. The minimum Gasteiger partial charge on any atom is -0.340 e. The van der Waals surface area contributed by atoms with E-state index in [1.54, 1.807) is 11.3 Å². The summed E-state index contributed by atoms with van der Waals surface area (Å²) in [6, 6.07) is 4.48. The van der Waals surface area contributed by atoms with E-state index in [0.29, 0.717) is 18.4 Å². The molecule has 1 saturated heterocycles. The molecule has 1 aromatic heterocycles. The fraction of sp³-hybridized carbons (Fsp3) is 0.583. The lowest BCUT2D eigenvalue weighted by Gasteiger charge is -2.33. The summed E-state index contributed by atoms with van der Waals surface area (Å²) in [6.45, 7) is 3.11. The molecular formula is C12H17NOS. The molecule has 1 aliphatic heterocycles. The van der Waals surface area contributed by atoms with Crippen LogP contribution >= 0.6 is 11.3 Å². The smallest absolute Gasteiger partial charge is 0.228 e. The number of rotatable bonds is 2. The Kier molecular flexibility index (Phi) is 3.41. The normalized spacial score (nSPS) is 21.7. The largest absolute Gasteiger partial charge is 0.340 e. The highest BCUT2D eigenvalue weighted by Crippen LogP contribution is 2.18. The lowest BCUT2D eigenvalue weighted by atomic mass is 10.0. The van der Waals surface area contributed by atoms with Gasteiger partial charge in [-0.3, -0.25) is 4.79 Å². The second kappa shape index (κ2) is 4.79. The van der Waals surface area contributed by atoms with E-state index in [1.807, 2.05) is 22.4 Å². The first-order chi connectivity index (χ1) is 7.27. The Morgan fingerprint density at radius 3 is 3.13 bits per heavy atom. The first kappa shape index (κ1) is 10.7. The van der Waals surface area contributed by atoms with Gasteiger partial charge in [-0.25, -0.2) is 0 Å². The molecule has 1 aromatic rings. The van der Waals surface area contributed by atoms with E-state index in [-0.39, 0.29) is 0 Å². The topological polar surface area (TPSA) is 20.3 Å². The minimum absolute atomic E-state index is 0.296. The quantitative estimate of drug-likeness (QED) is 0.755. The molecule has 2 heterocycles. The molecule has 1 aliphatic rings. The predicted molar refractivity (Wildman–Crippen MR) is 63.0 cm³/mol. The van der Waals surface area contributed by atoms with Crippen LogP contribution in [-0.4, -0.2) is 23.4 Å². The predicted octanol–water partition coefficient (Wildman–Crippen LogP) is 2.69. The van der Waals surface area contributed by atoms with E-state index in [1.165, 1.54) is 17.7 Å². The summed E-state index contributed by atoms with van der Waals surface area (Å²) in [6.07, 6.45) is 4.18. The van der Waals surface area contributed by atoms with E-state index in [9.17, 15) is 4.79 Å². The minimum atomic E-state index is 0.296. The summed E-state index contributed by atoms with van der Waals surface area (Å²) in [4.78, 5) is 15.2. The maximum Gasteiger partial charge on any atom is 0.228 e. The van der Waals surface area contributed by atoms with Gasteiger partial charge in [0.05, 0.1) is 6.42 Å². The van der Waals surface area contributed by atoms with Gasteiger partial charge in [-0.1, -0.05) is 6.07 Å². The molecule has 0 unspecified atom stereocenters. The van der Waals surface area contributed by atoms with Gasteiger partial charge in [0, 0.05) is 17.5 Å². The Labute approximate surface area is 94.9 Å². The molecule has 0 aromatic carbocycles. The maximum atomic E-state index is 12.0. The fourth-order valence-electron chi connectivity index (χ4n) is 2.13. The number of carbonyl (C=O) groups is 1. The molecule has 15 heavy (non-hydrogen) atoms. The van der Waals surface area contributed by atoms with Crippen LogP contribution in [0.15, 0.2) is 17.5 Å². The van der Waals surface area contributed by atoms with Crippen LogP contribution in [0, 0.1) is 0 Å². The molecule has 82 valence electrons. The highest BCUT2D eigenvalue weighted by atomic mass is 32.1. The zero-order valence-electron chi connectivity index (χ0n) is 9.11. The van der Waals surface area contributed by atoms with Crippen molar-refractivity contribution in [3.63, 3.8) is 0 Å². The zero-order valence-corrected chi connectivity index (χ0v) is 9.93. The molecule has 0 spiro atoms. The summed E-state index contributed by atoms with van der Waals surface area (Å²) >= 11 is 1.67. The Bertz CT molecular complexity index is 320. The third kappa shape index (κ3) is 2.59. The summed E-state index contributed by atoms with van der Waals surface area (Å²) in [5.74, 6) is 0.296. The molecule has 1 atom stereocenters. The highest BCUT2D eigenvalue weighted by Gasteiger charge is 2.22. The van der Waals surface area contributed by atoms with Gasteiger partial charge in [0.2, 0.25) is 5.91 Å². The molecule has 3 heteroatoms. The van der Waals surface area contributed by atoms with E-state index in [4.69, 9.17) is 0 Å². The van der Waals surface area contributed by atoms with E-state index < -0.39 is 0 Å². The number of thiophene rings is 1. The summed E-state index contributed by atoms with van der Waals surface area (Å²) < 4.78 is 0. The van der Waals surface area contributed by atoms with Crippen LogP contribution in [0.5, 0.6) is 0 Å². The number of nitrogens with zero attached hydrogens (tertiary/aromatic N) is 1. The van der Waals surface area contributed by atoms with Crippen LogP contribution in [0.1, 0.15) is 31.1 Å². The highest BCUT2D eigenvalue weighted by molar-refractivity contribution is 7.10. The molecule has 0 saturated carbocycles. The number of likely N-dealkylation sites (tertiary alicyclic amines) is 1. The van der Waals surface area contributed by atoms with E-state index in [2.05, 4.69) is 6.92 Å². The first-order valence-electron chi connectivity index (χ1n) is 5.59. The standard InChI is InChI=1S/C12H17NOS/c1-10-5-2-3-7-13(10)12(14)9-11-6-4-8-15-11/h4,6,8,10H,2-3,5,7,9H2,1H3/t10-/m0/s1. The van der Waals surface area contributed by atoms with Crippen LogP contribution < -0.4 is 0 Å². The average molecular weight is 223 g/mol. The van der Waals surface area contributed by atoms with E-state index >= 15 is 0 Å². The van der Waals surface area contributed by atoms with Gasteiger partial charge >= 0.3 is 0 Å². The Morgan fingerprint density at radius 2 is 2.47 bits per heavy atom. The number of hydrogen-bond acceptors (Lipinski definition) is 2. The number of piperidine rings is 1. The van der Waals surface area contributed by atoms with Crippen LogP contribution in [0.4, 0.5) is 0 Å². The second-order valence-electron chi connectivity index (χ2n) is 4.19. The van der Waals surface area contributed by atoms with Crippen molar-refractivity contribution in [3.8, 4) is 0 Å². The van der Waals surface area contributed by atoms with Crippen molar-refractivity contribution in [3.05, 3.63) is 22.4 Å². The van der Waals surface area contributed by atoms with Crippen molar-refractivity contribution in [2.75, 3.05) is 6.54 Å². The molecule has 0 bridgehead atoms. The van der Waals surface area contributed by atoms with E-state index in [0.717, 1.165) is 13.0 Å². The van der Waals surface area contributed by atoms with Gasteiger partial charge in [0.1, 0.15) is 0 Å². The van der Waals surface area contributed by atoms with Crippen LogP contribution in [0.3, 0.4) is 0 Å². The third-order valence-corrected chi connectivity index (χ3v) is 3.91. The van der Waals surface area contributed by atoms with Crippen LogP contribution in [0.2, 0.25) is 0 Å². The Hall–Kier alpha value is -0.830. The van der Waals surface area contributed by atoms with Gasteiger partial charge in [-0.15, -0.1) is 11.3 Å². The third-order valence-electron chi connectivity index (χ3n) is 3.03. The second-order valence-corrected chi connectivity index (χ2v) is 5.22. The molecule has 0 N–H and O–H groups in total. The molecule has 1 amide bonds. The van der Waals surface area contributed by atoms with Gasteiger partial charge in [-0.05, 0) is 37.6 Å². The lowest BCUT2D eigenvalue weighted by molar-refractivity contribution is -0.133. The first-order valence-corrected chi connectivity index (χ1v) is 6.47. The van der Waals surface area contributed by atoms with Gasteiger partial charge in [0.15, 0.2) is 0 Å². The Balaban J connectivity index is 1.95. The maximum absolute atomic E-state index is 12.0. The molecule has 1 fully saturated rings. The molecular weight excluding hydrogens is 206 g/mol. The Morgan fingerprint density at radius 1 is 1.60 bits per heavy atom. The van der Waals surface area contributed by atoms with Gasteiger partial charge in [0.25, 0.3) is 0 Å². The molecule has 2 rings (SSSR count). The van der Waals surface area contributed by atoms with Crippen molar-refractivity contribution in [1.82, 2.24) is 4.90 Å². The zero-order chi connectivity index (χ0) is 10.7. The fourth-order valence-corrected chi connectivity index (χ4v) is 2.83. The van der Waals surface area contributed by atoms with Crippen molar-refractivity contribution in [2.24, 2.45) is 0 Å². The van der Waals surface area contributed by atoms with Crippen molar-refractivity contribution >= 4 is 17.2 Å². The molecule has 2 nitrogen and oxygen atoms in total.